The molecule has 2 aromatic carbocycles. The number of benzene rings is 2. The summed E-state index contributed by atoms with van der Waals surface area (Å²) < 4.78 is 9.86. The maximum atomic E-state index is 12.4. The first-order valence-electron chi connectivity index (χ1n) is 7.17. The number of ether oxygens (including phenoxy) is 2. The molecule has 0 aliphatic rings. The molecular formula is C18H19NO4. The Bertz CT molecular complexity index is 670. The van der Waals surface area contributed by atoms with Gasteiger partial charge in [0, 0.05) is 12.7 Å². The van der Waals surface area contributed by atoms with Crippen molar-refractivity contribution in [3.63, 3.8) is 0 Å². The van der Waals surface area contributed by atoms with Crippen LogP contribution >= 0.6 is 0 Å². The fourth-order valence-electron chi connectivity index (χ4n) is 2.23. The molecule has 0 bridgehead atoms. The molecule has 5 heteroatoms. The minimum absolute atomic E-state index is 0.345. The van der Waals surface area contributed by atoms with Crippen LogP contribution in [0.25, 0.3) is 0 Å². The van der Waals surface area contributed by atoms with Crippen LogP contribution in [0.15, 0.2) is 54.6 Å². The molecule has 0 aliphatic heterocycles. The summed E-state index contributed by atoms with van der Waals surface area (Å²) in [4.78, 5) is 24.4. The topological polar surface area (TPSA) is 64.6 Å². The smallest absolute Gasteiger partial charge is 0.333 e. The number of carbonyl (C=O) groups is 2. The van der Waals surface area contributed by atoms with Crippen molar-refractivity contribution >= 4 is 11.9 Å². The van der Waals surface area contributed by atoms with Crippen LogP contribution in [0.4, 0.5) is 0 Å². The number of methoxy groups -OCH3 is 2. The van der Waals surface area contributed by atoms with E-state index in [2.05, 4.69) is 5.32 Å². The molecule has 120 valence electrons. The molecule has 0 aliphatic carbocycles. The van der Waals surface area contributed by atoms with Crippen molar-refractivity contribution in [2.75, 3.05) is 14.2 Å². The molecule has 0 saturated heterocycles. The summed E-state index contributed by atoms with van der Waals surface area (Å²) in [5, 5.41) is 2.72. The summed E-state index contributed by atoms with van der Waals surface area (Å²) in [6, 6.07) is 15.2. The van der Waals surface area contributed by atoms with Crippen LogP contribution in [0.3, 0.4) is 0 Å². The minimum Gasteiger partial charge on any atom is -0.467 e. The van der Waals surface area contributed by atoms with Crippen LogP contribution in [0, 0.1) is 0 Å². The van der Waals surface area contributed by atoms with E-state index in [0.717, 1.165) is 5.56 Å². The highest BCUT2D eigenvalue weighted by Gasteiger charge is 2.23. The number of amides is 1. The lowest BCUT2D eigenvalue weighted by Gasteiger charge is -2.17. The second kappa shape index (κ2) is 8.10. The Kier molecular flexibility index (Phi) is 5.88. The molecule has 0 spiro atoms. The molecule has 23 heavy (non-hydrogen) atoms. The standard InChI is InChI=1S/C18H19NO4/c1-22-12-13-7-6-10-15(11-13)17(20)19-16(18(21)23-2)14-8-4-3-5-9-14/h3-11,16H,12H2,1-2H3,(H,19,20)/t16-/m0/s1. The molecule has 1 N–H and O–H groups in total. The average molecular weight is 313 g/mol. The number of hydrogen-bond donors (Lipinski definition) is 1. The molecule has 1 amide bonds. The monoisotopic (exact) mass is 313 g/mol. The van der Waals surface area contributed by atoms with E-state index in [1.807, 2.05) is 12.1 Å². The van der Waals surface area contributed by atoms with Crippen molar-refractivity contribution in [3.8, 4) is 0 Å². The van der Waals surface area contributed by atoms with Crippen LogP contribution in [-0.4, -0.2) is 26.1 Å². The van der Waals surface area contributed by atoms with Crippen molar-refractivity contribution in [2.45, 2.75) is 12.6 Å². The van der Waals surface area contributed by atoms with Crippen molar-refractivity contribution in [1.29, 1.82) is 0 Å². The first-order chi connectivity index (χ1) is 11.2. The molecule has 2 rings (SSSR count). The number of nitrogens with one attached hydrogen (secondary N) is 1. The minimum atomic E-state index is -0.847. The largest absolute Gasteiger partial charge is 0.467 e. The highest BCUT2D eigenvalue weighted by Crippen LogP contribution is 2.16. The average Bonchev–Trinajstić information content (AvgIpc) is 2.60. The molecule has 0 saturated carbocycles. The van der Waals surface area contributed by atoms with E-state index < -0.39 is 12.0 Å². The predicted molar refractivity (Wildman–Crippen MR) is 85.8 cm³/mol. The maximum absolute atomic E-state index is 12.4. The summed E-state index contributed by atoms with van der Waals surface area (Å²) in [7, 11) is 2.89. The summed E-state index contributed by atoms with van der Waals surface area (Å²) in [6.45, 7) is 0.417. The van der Waals surface area contributed by atoms with Gasteiger partial charge in [0.05, 0.1) is 13.7 Å². The fourth-order valence-corrected chi connectivity index (χ4v) is 2.23. The molecule has 0 unspecified atom stereocenters. The van der Waals surface area contributed by atoms with Crippen molar-refractivity contribution in [3.05, 3.63) is 71.3 Å². The summed E-state index contributed by atoms with van der Waals surface area (Å²) >= 11 is 0. The number of carbonyl (C=O) groups excluding carboxylic acids is 2. The SMILES string of the molecule is COCc1cccc(C(=O)N[C@H](C(=O)OC)c2ccccc2)c1. The van der Waals surface area contributed by atoms with E-state index >= 15 is 0 Å². The summed E-state index contributed by atoms with van der Waals surface area (Å²) in [5.74, 6) is -0.861. The first-order valence-corrected chi connectivity index (χ1v) is 7.17. The van der Waals surface area contributed by atoms with E-state index in [1.54, 1.807) is 49.6 Å². The van der Waals surface area contributed by atoms with Gasteiger partial charge in [0.2, 0.25) is 0 Å². The van der Waals surface area contributed by atoms with E-state index in [4.69, 9.17) is 9.47 Å². The second-order valence-electron chi connectivity index (χ2n) is 4.97. The van der Waals surface area contributed by atoms with Crippen molar-refractivity contribution in [2.24, 2.45) is 0 Å². The Hall–Kier alpha value is -2.66. The van der Waals surface area contributed by atoms with Gasteiger partial charge in [-0.25, -0.2) is 4.79 Å². The van der Waals surface area contributed by atoms with Crippen LogP contribution < -0.4 is 5.32 Å². The van der Waals surface area contributed by atoms with Crippen LogP contribution in [0.1, 0.15) is 27.5 Å². The Morgan fingerprint density at radius 2 is 1.78 bits per heavy atom. The van der Waals surface area contributed by atoms with E-state index in [9.17, 15) is 9.59 Å². The van der Waals surface area contributed by atoms with Gasteiger partial charge in [-0.15, -0.1) is 0 Å². The molecule has 0 aromatic heterocycles. The zero-order valence-electron chi connectivity index (χ0n) is 13.1. The molecule has 0 heterocycles. The highest BCUT2D eigenvalue weighted by molar-refractivity contribution is 5.97. The lowest BCUT2D eigenvalue weighted by molar-refractivity contribution is -0.143. The zero-order valence-corrected chi connectivity index (χ0v) is 13.1. The van der Waals surface area contributed by atoms with E-state index in [1.165, 1.54) is 7.11 Å². The summed E-state index contributed by atoms with van der Waals surface area (Å²) in [6.07, 6.45) is 0. The Labute approximate surface area is 135 Å². The van der Waals surface area contributed by atoms with Crippen LogP contribution in [-0.2, 0) is 20.9 Å². The Morgan fingerprint density at radius 1 is 1.04 bits per heavy atom. The fraction of sp³-hybridized carbons (Fsp3) is 0.222. The number of rotatable bonds is 6. The van der Waals surface area contributed by atoms with Gasteiger partial charge in [-0.1, -0.05) is 42.5 Å². The molecule has 1 atom stereocenters. The van der Waals surface area contributed by atoms with E-state index in [-0.39, 0.29) is 5.91 Å². The lowest BCUT2D eigenvalue weighted by atomic mass is 10.1. The number of hydrogen-bond acceptors (Lipinski definition) is 4. The Morgan fingerprint density at radius 3 is 2.43 bits per heavy atom. The van der Waals surface area contributed by atoms with Gasteiger partial charge in [0.25, 0.3) is 5.91 Å². The van der Waals surface area contributed by atoms with Crippen LogP contribution in [0.5, 0.6) is 0 Å². The van der Waals surface area contributed by atoms with Gasteiger partial charge in [0.15, 0.2) is 6.04 Å². The zero-order chi connectivity index (χ0) is 16.7. The van der Waals surface area contributed by atoms with Gasteiger partial charge in [-0.2, -0.15) is 0 Å². The molecule has 0 radical (unpaired) electrons. The third-order valence-corrected chi connectivity index (χ3v) is 3.35. The first kappa shape index (κ1) is 16.7. The molecular weight excluding hydrogens is 294 g/mol. The van der Waals surface area contributed by atoms with Gasteiger partial charge < -0.3 is 14.8 Å². The quantitative estimate of drug-likeness (QED) is 0.832. The van der Waals surface area contributed by atoms with Crippen molar-refractivity contribution in [1.82, 2.24) is 5.32 Å². The highest BCUT2D eigenvalue weighted by atomic mass is 16.5. The predicted octanol–water partition coefficient (Wildman–Crippen LogP) is 2.48. The molecule has 5 nitrogen and oxygen atoms in total. The third kappa shape index (κ3) is 4.40. The number of esters is 1. The normalized spacial score (nSPS) is 11.6. The third-order valence-electron chi connectivity index (χ3n) is 3.35. The Balaban J connectivity index is 2.21. The molecule has 2 aromatic rings. The van der Waals surface area contributed by atoms with Crippen molar-refractivity contribution < 1.29 is 19.1 Å². The van der Waals surface area contributed by atoms with Gasteiger partial charge in [0.1, 0.15) is 0 Å². The van der Waals surface area contributed by atoms with Crippen LogP contribution in [0.2, 0.25) is 0 Å². The van der Waals surface area contributed by atoms with E-state index in [0.29, 0.717) is 17.7 Å². The molecule has 0 fully saturated rings. The summed E-state index contributed by atoms with van der Waals surface area (Å²) in [5.41, 5.74) is 2.01. The lowest BCUT2D eigenvalue weighted by Crippen LogP contribution is -2.34. The van der Waals surface area contributed by atoms with Gasteiger partial charge >= 0.3 is 5.97 Å². The van der Waals surface area contributed by atoms with Gasteiger partial charge in [-0.3, -0.25) is 4.79 Å². The second-order valence-corrected chi connectivity index (χ2v) is 4.97. The maximum Gasteiger partial charge on any atom is 0.333 e. The van der Waals surface area contributed by atoms with Gasteiger partial charge in [-0.05, 0) is 23.3 Å².